The summed E-state index contributed by atoms with van der Waals surface area (Å²) in [7, 11) is 0. The largest absolute Gasteiger partial charge is 0.417 e. The first kappa shape index (κ1) is 12.9. The molecule has 1 saturated carbocycles. The normalized spacial score (nSPS) is 18.8. The molecule has 3 heterocycles. The van der Waals surface area contributed by atoms with Crippen molar-refractivity contribution in [1.82, 2.24) is 9.55 Å². The summed E-state index contributed by atoms with van der Waals surface area (Å²) < 4.78 is 40.9. The fourth-order valence-electron chi connectivity index (χ4n) is 3.22. The van der Waals surface area contributed by atoms with Crippen LogP contribution in [0.4, 0.5) is 13.2 Å². The molecule has 0 atom stereocenters. The zero-order chi connectivity index (χ0) is 14.6. The molecule has 1 fully saturated rings. The molecule has 0 aromatic carbocycles. The van der Waals surface area contributed by atoms with E-state index in [-0.39, 0.29) is 0 Å². The molecule has 2 aliphatic rings. The van der Waals surface area contributed by atoms with Crippen LogP contribution in [0.5, 0.6) is 0 Å². The van der Waals surface area contributed by atoms with Crippen LogP contribution in [0.15, 0.2) is 17.3 Å². The van der Waals surface area contributed by atoms with Crippen LogP contribution in [-0.4, -0.2) is 22.3 Å². The summed E-state index contributed by atoms with van der Waals surface area (Å²) in [5.41, 5.74) is 1.95. The average molecular weight is 293 g/mol. The molecule has 0 bridgehead atoms. The molecule has 3 nitrogen and oxygen atoms in total. The Hall–Kier alpha value is -1.85. The molecule has 21 heavy (non-hydrogen) atoms. The van der Waals surface area contributed by atoms with Crippen molar-refractivity contribution in [3.63, 3.8) is 0 Å². The average Bonchev–Trinajstić information content (AvgIpc) is 2.71. The van der Waals surface area contributed by atoms with Gasteiger partial charge < -0.3 is 4.57 Å². The van der Waals surface area contributed by atoms with Gasteiger partial charge in [-0.1, -0.05) is 6.42 Å². The van der Waals surface area contributed by atoms with Crippen molar-refractivity contribution in [3.05, 3.63) is 29.1 Å². The van der Waals surface area contributed by atoms with Gasteiger partial charge >= 0.3 is 6.18 Å². The van der Waals surface area contributed by atoms with Crippen LogP contribution in [-0.2, 0) is 12.7 Å². The smallest absolute Gasteiger partial charge is 0.322 e. The highest BCUT2D eigenvalue weighted by Crippen LogP contribution is 2.43. The molecule has 6 heteroatoms. The maximum atomic E-state index is 13.0. The van der Waals surface area contributed by atoms with Crippen molar-refractivity contribution in [2.24, 2.45) is 4.99 Å². The highest BCUT2D eigenvalue weighted by atomic mass is 19.4. The maximum Gasteiger partial charge on any atom is 0.417 e. The number of alkyl halides is 3. The number of aromatic nitrogens is 2. The lowest BCUT2D eigenvalue weighted by atomic mass is 9.79. The maximum absolute atomic E-state index is 13.0. The van der Waals surface area contributed by atoms with Gasteiger partial charge in [0.15, 0.2) is 0 Å². The molecule has 0 radical (unpaired) electrons. The second-order valence-corrected chi connectivity index (χ2v) is 5.71. The Labute approximate surface area is 119 Å². The second-order valence-electron chi connectivity index (χ2n) is 5.71. The summed E-state index contributed by atoms with van der Waals surface area (Å²) >= 11 is 0. The van der Waals surface area contributed by atoms with Crippen LogP contribution in [0.25, 0.3) is 11.0 Å². The molecular weight excluding hydrogens is 279 g/mol. The van der Waals surface area contributed by atoms with Crippen molar-refractivity contribution in [3.8, 4) is 0 Å². The Balaban J connectivity index is 2.00. The van der Waals surface area contributed by atoms with Crippen molar-refractivity contribution in [1.29, 1.82) is 0 Å². The highest BCUT2D eigenvalue weighted by molar-refractivity contribution is 5.94. The molecule has 0 N–H and O–H groups in total. The number of hydrogen-bond donors (Lipinski definition) is 0. The Morgan fingerprint density at radius 1 is 1.24 bits per heavy atom. The zero-order valence-electron chi connectivity index (χ0n) is 11.3. The lowest BCUT2D eigenvalue weighted by Crippen LogP contribution is -2.15. The molecule has 0 saturated heterocycles. The number of aliphatic imine (C=N–C) groups is 1. The summed E-state index contributed by atoms with van der Waals surface area (Å²) in [6, 6.07) is 1.26. The van der Waals surface area contributed by atoms with Gasteiger partial charge in [0, 0.05) is 24.3 Å². The van der Waals surface area contributed by atoms with E-state index in [1.807, 2.05) is 4.57 Å². The van der Waals surface area contributed by atoms with E-state index in [1.165, 1.54) is 6.07 Å². The molecule has 0 unspecified atom stereocenters. The fraction of sp³-hybridized carbons (Fsp3) is 0.467. The molecule has 110 valence electrons. The van der Waals surface area contributed by atoms with Crippen molar-refractivity contribution >= 4 is 17.2 Å². The van der Waals surface area contributed by atoms with Crippen molar-refractivity contribution in [2.75, 3.05) is 6.54 Å². The minimum Gasteiger partial charge on any atom is -0.322 e. The van der Waals surface area contributed by atoms with Crippen molar-refractivity contribution in [2.45, 2.75) is 37.9 Å². The minimum atomic E-state index is -4.35. The number of fused-ring (bicyclic) bond motifs is 3. The van der Waals surface area contributed by atoms with E-state index in [4.69, 9.17) is 0 Å². The van der Waals surface area contributed by atoms with Crippen LogP contribution in [0.2, 0.25) is 0 Å². The van der Waals surface area contributed by atoms with Crippen molar-refractivity contribution < 1.29 is 13.2 Å². The summed E-state index contributed by atoms with van der Waals surface area (Å²) in [4.78, 5) is 8.39. The number of halogens is 3. The van der Waals surface area contributed by atoms with E-state index >= 15 is 0 Å². The fourth-order valence-corrected chi connectivity index (χ4v) is 3.22. The van der Waals surface area contributed by atoms with Gasteiger partial charge in [-0.05, 0) is 30.4 Å². The Morgan fingerprint density at radius 3 is 2.71 bits per heavy atom. The predicted octanol–water partition coefficient (Wildman–Crippen LogP) is 3.76. The van der Waals surface area contributed by atoms with Crippen LogP contribution in [0.3, 0.4) is 0 Å². The summed E-state index contributed by atoms with van der Waals surface area (Å²) in [5.74, 6) is 0.346. The van der Waals surface area contributed by atoms with Crippen LogP contribution < -0.4 is 0 Å². The van der Waals surface area contributed by atoms with E-state index in [9.17, 15) is 13.2 Å². The molecular formula is C15H14F3N3. The van der Waals surface area contributed by atoms with E-state index in [0.29, 0.717) is 30.0 Å². The predicted molar refractivity (Wildman–Crippen MR) is 73.8 cm³/mol. The van der Waals surface area contributed by atoms with Gasteiger partial charge in [0.2, 0.25) is 0 Å². The van der Waals surface area contributed by atoms with Gasteiger partial charge in [-0.25, -0.2) is 4.98 Å². The van der Waals surface area contributed by atoms with E-state index in [2.05, 4.69) is 9.98 Å². The molecule has 1 aliphatic heterocycles. The summed E-state index contributed by atoms with van der Waals surface area (Å²) in [6.45, 7) is 1.34. The van der Waals surface area contributed by atoms with Gasteiger partial charge in [-0.3, -0.25) is 4.99 Å². The lowest BCUT2D eigenvalue weighted by Gasteiger charge is -2.26. The first-order chi connectivity index (χ1) is 10.1. The van der Waals surface area contributed by atoms with Crippen LogP contribution in [0, 0.1) is 0 Å². The zero-order valence-corrected chi connectivity index (χ0v) is 11.3. The van der Waals surface area contributed by atoms with Gasteiger partial charge in [-0.2, -0.15) is 13.2 Å². The van der Waals surface area contributed by atoms with Crippen LogP contribution >= 0.6 is 0 Å². The van der Waals surface area contributed by atoms with E-state index < -0.39 is 11.7 Å². The van der Waals surface area contributed by atoms with Gasteiger partial charge in [-0.15, -0.1) is 0 Å². The first-order valence-electron chi connectivity index (χ1n) is 7.15. The monoisotopic (exact) mass is 293 g/mol. The number of pyridine rings is 1. The molecule has 0 spiro atoms. The SMILES string of the molecule is FC(F)(F)c1cnc2c(c1)c(C1CCC1)c1n2CCN=C1. The summed E-state index contributed by atoms with van der Waals surface area (Å²) in [6.07, 6.45) is 1.60. The second kappa shape index (κ2) is 4.32. The Morgan fingerprint density at radius 2 is 2.05 bits per heavy atom. The van der Waals surface area contributed by atoms with E-state index in [1.54, 1.807) is 6.21 Å². The first-order valence-corrected chi connectivity index (χ1v) is 7.15. The third-order valence-corrected chi connectivity index (χ3v) is 4.49. The number of rotatable bonds is 1. The van der Waals surface area contributed by atoms with Gasteiger partial charge in [0.1, 0.15) is 5.65 Å². The molecule has 0 amide bonds. The third-order valence-electron chi connectivity index (χ3n) is 4.49. The number of nitrogens with zero attached hydrogens (tertiary/aromatic N) is 3. The van der Waals surface area contributed by atoms with E-state index in [0.717, 1.165) is 36.7 Å². The molecule has 1 aliphatic carbocycles. The molecule has 2 aromatic heterocycles. The lowest BCUT2D eigenvalue weighted by molar-refractivity contribution is -0.137. The molecule has 2 aromatic rings. The Kier molecular flexibility index (Phi) is 2.65. The highest BCUT2D eigenvalue weighted by Gasteiger charge is 2.34. The molecule has 4 rings (SSSR count). The third kappa shape index (κ3) is 1.88. The van der Waals surface area contributed by atoms with Crippen LogP contribution in [0.1, 0.15) is 42.0 Å². The quantitative estimate of drug-likeness (QED) is 0.787. The topological polar surface area (TPSA) is 30.2 Å². The number of hydrogen-bond acceptors (Lipinski definition) is 2. The van der Waals surface area contributed by atoms with Gasteiger partial charge in [0.05, 0.1) is 17.8 Å². The minimum absolute atomic E-state index is 0.346. The summed E-state index contributed by atoms with van der Waals surface area (Å²) in [5, 5.41) is 0.651. The standard InChI is InChI=1S/C15H14F3N3/c16-15(17,18)10-6-11-13(9-2-1-3-9)12-8-19-4-5-21(12)14(11)20-7-10/h6-9H,1-5H2. The Bertz CT molecular complexity index is 739. The van der Waals surface area contributed by atoms with Gasteiger partial charge in [0.25, 0.3) is 0 Å².